The number of aromatic nitrogens is 2. The standard InChI is InChI=1S/C9H13N5/c1-6-7(2)11-12-9(8(6)5-10)13-14(3)4/h1-4H3,(H,12,13). The molecule has 74 valence electrons. The number of anilines is 1. The lowest BCUT2D eigenvalue weighted by Gasteiger charge is -2.14. The van der Waals surface area contributed by atoms with Crippen molar-refractivity contribution in [2.24, 2.45) is 0 Å². The van der Waals surface area contributed by atoms with Gasteiger partial charge in [-0.3, -0.25) is 0 Å². The van der Waals surface area contributed by atoms with Crippen LogP contribution in [0.5, 0.6) is 0 Å². The van der Waals surface area contributed by atoms with Gasteiger partial charge in [-0.1, -0.05) is 0 Å². The maximum Gasteiger partial charge on any atom is 0.181 e. The summed E-state index contributed by atoms with van der Waals surface area (Å²) < 4.78 is 0. The van der Waals surface area contributed by atoms with Crippen molar-refractivity contribution in [2.45, 2.75) is 13.8 Å². The van der Waals surface area contributed by atoms with Crippen molar-refractivity contribution in [1.82, 2.24) is 15.2 Å². The van der Waals surface area contributed by atoms with Crippen LogP contribution >= 0.6 is 0 Å². The normalized spacial score (nSPS) is 10.0. The maximum atomic E-state index is 8.96. The second kappa shape index (κ2) is 4.03. The molecule has 0 fully saturated rings. The predicted octanol–water partition coefficient (Wildman–Crippen LogP) is 0.854. The number of nitrogens with zero attached hydrogens (tertiary/aromatic N) is 4. The summed E-state index contributed by atoms with van der Waals surface area (Å²) in [5.74, 6) is 0.501. The summed E-state index contributed by atoms with van der Waals surface area (Å²) in [5.41, 5.74) is 5.13. The first-order valence-corrected chi connectivity index (χ1v) is 4.24. The summed E-state index contributed by atoms with van der Waals surface area (Å²) >= 11 is 0. The minimum Gasteiger partial charge on any atom is -0.301 e. The van der Waals surface area contributed by atoms with E-state index in [-0.39, 0.29) is 0 Å². The van der Waals surface area contributed by atoms with Gasteiger partial charge in [-0.25, -0.2) is 5.01 Å². The third kappa shape index (κ3) is 1.98. The van der Waals surface area contributed by atoms with Crippen LogP contribution in [0.25, 0.3) is 0 Å². The SMILES string of the molecule is Cc1nnc(NN(C)C)c(C#N)c1C. The highest BCUT2D eigenvalue weighted by molar-refractivity contribution is 5.55. The van der Waals surface area contributed by atoms with Gasteiger partial charge in [0.1, 0.15) is 11.6 Å². The minimum atomic E-state index is 0.501. The van der Waals surface area contributed by atoms with Gasteiger partial charge in [0.25, 0.3) is 0 Å². The van der Waals surface area contributed by atoms with Gasteiger partial charge >= 0.3 is 0 Å². The van der Waals surface area contributed by atoms with Crippen LogP contribution in [0.15, 0.2) is 0 Å². The van der Waals surface area contributed by atoms with Crippen LogP contribution in [-0.2, 0) is 0 Å². The van der Waals surface area contributed by atoms with Gasteiger partial charge in [-0.15, -0.1) is 5.10 Å². The number of hydrogen-bond donors (Lipinski definition) is 1. The molecule has 0 aliphatic heterocycles. The third-order valence-corrected chi connectivity index (χ3v) is 1.90. The Balaban J connectivity index is 3.19. The van der Waals surface area contributed by atoms with Crippen LogP contribution in [0.3, 0.4) is 0 Å². The molecule has 0 bridgehead atoms. The third-order valence-electron chi connectivity index (χ3n) is 1.90. The fourth-order valence-electron chi connectivity index (χ4n) is 1.04. The number of rotatable bonds is 2. The van der Waals surface area contributed by atoms with E-state index in [1.165, 1.54) is 0 Å². The molecule has 0 amide bonds. The van der Waals surface area contributed by atoms with Crippen LogP contribution in [-0.4, -0.2) is 29.3 Å². The molecule has 1 heterocycles. The summed E-state index contributed by atoms with van der Waals surface area (Å²) in [6, 6.07) is 2.12. The Morgan fingerprint density at radius 2 is 1.93 bits per heavy atom. The first kappa shape index (κ1) is 10.4. The van der Waals surface area contributed by atoms with E-state index in [4.69, 9.17) is 5.26 Å². The lowest BCUT2D eigenvalue weighted by atomic mass is 10.1. The fraction of sp³-hybridized carbons (Fsp3) is 0.444. The van der Waals surface area contributed by atoms with Gasteiger partial charge in [0.15, 0.2) is 5.82 Å². The molecule has 5 heteroatoms. The first-order valence-electron chi connectivity index (χ1n) is 4.24. The zero-order chi connectivity index (χ0) is 10.7. The summed E-state index contributed by atoms with van der Waals surface area (Å²) in [6.07, 6.45) is 0. The minimum absolute atomic E-state index is 0.501. The van der Waals surface area contributed by atoms with Crippen molar-refractivity contribution in [1.29, 1.82) is 5.26 Å². The quantitative estimate of drug-likeness (QED) is 0.702. The van der Waals surface area contributed by atoms with Crippen molar-refractivity contribution in [3.63, 3.8) is 0 Å². The van der Waals surface area contributed by atoms with Gasteiger partial charge in [0.2, 0.25) is 0 Å². The summed E-state index contributed by atoms with van der Waals surface area (Å²) in [6.45, 7) is 3.70. The van der Waals surface area contributed by atoms with Gasteiger partial charge in [-0.2, -0.15) is 10.4 Å². The van der Waals surface area contributed by atoms with Crippen LogP contribution in [0, 0.1) is 25.2 Å². The monoisotopic (exact) mass is 191 g/mol. The predicted molar refractivity (Wildman–Crippen MR) is 53.5 cm³/mol. The molecule has 0 radical (unpaired) electrons. The average molecular weight is 191 g/mol. The van der Waals surface area contributed by atoms with Gasteiger partial charge in [-0.05, 0) is 19.4 Å². The molecule has 1 rings (SSSR count). The number of hydrazine groups is 1. The van der Waals surface area contributed by atoms with Crippen LogP contribution in [0.2, 0.25) is 0 Å². The first-order chi connectivity index (χ1) is 6.56. The van der Waals surface area contributed by atoms with Gasteiger partial charge < -0.3 is 5.43 Å². The van der Waals surface area contributed by atoms with Crippen LogP contribution < -0.4 is 5.43 Å². The van der Waals surface area contributed by atoms with Crippen molar-refractivity contribution in [2.75, 3.05) is 19.5 Å². The number of nitrogens with one attached hydrogen (secondary N) is 1. The largest absolute Gasteiger partial charge is 0.301 e. The second-order valence-corrected chi connectivity index (χ2v) is 3.25. The Morgan fingerprint density at radius 3 is 2.43 bits per heavy atom. The van der Waals surface area contributed by atoms with Crippen molar-refractivity contribution >= 4 is 5.82 Å². The molecule has 0 aliphatic rings. The molecular weight excluding hydrogens is 178 g/mol. The Hall–Kier alpha value is -1.67. The average Bonchev–Trinajstić information content (AvgIpc) is 2.11. The zero-order valence-corrected chi connectivity index (χ0v) is 8.79. The molecule has 0 spiro atoms. The van der Waals surface area contributed by atoms with Crippen molar-refractivity contribution in [3.05, 3.63) is 16.8 Å². The van der Waals surface area contributed by atoms with E-state index >= 15 is 0 Å². The van der Waals surface area contributed by atoms with Crippen molar-refractivity contribution < 1.29 is 0 Å². The van der Waals surface area contributed by atoms with Gasteiger partial charge in [0, 0.05) is 14.1 Å². The molecule has 14 heavy (non-hydrogen) atoms. The van der Waals surface area contributed by atoms with E-state index in [0.29, 0.717) is 11.4 Å². The Bertz CT molecular complexity index is 378. The van der Waals surface area contributed by atoms with Gasteiger partial charge in [0.05, 0.1) is 5.69 Å². The number of nitriles is 1. The molecule has 1 N–H and O–H groups in total. The fourth-order valence-corrected chi connectivity index (χ4v) is 1.04. The van der Waals surface area contributed by atoms with E-state index in [1.54, 1.807) is 5.01 Å². The van der Waals surface area contributed by atoms with Crippen LogP contribution in [0.1, 0.15) is 16.8 Å². The van der Waals surface area contributed by atoms with Crippen molar-refractivity contribution in [3.8, 4) is 6.07 Å². The lowest BCUT2D eigenvalue weighted by molar-refractivity contribution is 0.490. The number of aryl methyl sites for hydroxylation is 1. The van der Waals surface area contributed by atoms with Crippen LogP contribution in [0.4, 0.5) is 5.82 Å². The summed E-state index contributed by atoms with van der Waals surface area (Å²) in [5, 5.41) is 18.6. The van der Waals surface area contributed by atoms with E-state index in [2.05, 4.69) is 21.7 Å². The van der Waals surface area contributed by atoms with E-state index in [9.17, 15) is 0 Å². The van der Waals surface area contributed by atoms with E-state index in [1.807, 2.05) is 27.9 Å². The Labute approximate surface area is 83.3 Å². The number of hydrogen-bond acceptors (Lipinski definition) is 5. The summed E-state index contributed by atoms with van der Waals surface area (Å²) in [4.78, 5) is 0. The molecule has 0 unspecified atom stereocenters. The zero-order valence-electron chi connectivity index (χ0n) is 8.79. The van der Waals surface area contributed by atoms with E-state index < -0.39 is 0 Å². The highest BCUT2D eigenvalue weighted by Crippen LogP contribution is 2.16. The second-order valence-electron chi connectivity index (χ2n) is 3.25. The Kier molecular flexibility index (Phi) is 2.99. The Morgan fingerprint density at radius 1 is 1.29 bits per heavy atom. The smallest absolute Gasteiger partial charge is 0.181 e. The highest BCUT2D eigenvalue weighted by atomic mass is 15.5. The lowest BCUT2D eigenvalue weighted by Crippen LogP contribution is -2.22. The maximum absolute atomic E-state index is 8.96. The molecular formula is C9H13N5. The molecule has 0 aliphatic carbocycles. The molecule has 1 aromatic heterocycles. The van der Waals surface area contributed by atoms with E-state index in [0.717, 1.165) is 11.3 Å². The highest BCUT2D eigenvalue weighted by Gasteiger charge is 2.10. The molecule has 1 aromatic rings. The topological polar surface area (TPSA) is 64.8 Å². The molecule has 5 nitrogen and oxygen atoms in total. The molecule has 0 saturated carbocycles. The molecule has 0 saturated heterocycles. The molecule has 0 atom stereocenters. The summed E-state index contributed by atoms with van der Waals surface area (Å²) in [7, 11) is 3.66. The molecule has 0 aromatic carbocycles.